The first-order valence-electron chi connectivity index (χ1n) is 6.08. The van der Waals surface area contributed by atoms with E-state index in [2.05, 4.69) is 4.72 Å². The number of amides is 1. The van der Waals surface area contributed by atoms with Gasteiger partial charge in [-0.2, -0.15) is 0 Å². The minimum absolute atomic E-state index is 0.0789. The molecule has 0 aromatic rings. The van der Waals surface area contributed by atoms with Gasteiger partial charge >= 0.3 is 6.09 Å². The van der Waals surface area contributed by atoms with Crippen LogP contribution in [0.2, 0.25) is 0 Å². The Morgan fingerprint density at radius 1 is 1.39 bits per heavy atom. The van der Waals surface area contributed by atoms with Crippen LogP contribution in [0.3, 0.4) is 0 Å². The Hall–Kier alpha value is -0.820. The molecule has 0 unspecified atom stereocenters. The van der Waals surface area contributed by atoms with E-state index >= 15 is 0 Å². The molecule has 1 fully saturated rings. The number of nitrogens with one attached hydrogen (secondary N) is 1. The molecule has 18 heavy (non-hydrogen) atoms. The summed E-state index contributed by atoms with van der Waals surface area (Å²) in [5, 5.41) is 0. The van der Waals surface area contributed by atoms with Crippen LogP contribution in [-0.4, -0.2) is 50.4 Å². The number of hydrogen-bond donors (Lipinski definition) is 1. The maximum Gasteiger partial charge on any atom is 0.410 e. The first-order valence-corrected chi connectivity index (χ1v) is 7.73. The summed E-state index contributed by atoms with van der Waals surface area (Å²) in [4.78, 5) is 13.2. The van der Waals surface area contributed by atoms with Gasteiger partial charge in [0, 0.05) is 25.6 Å². The average molecular weight is 278 g/mol. The predicted octanol–water partition coefficient (Wildman–Crippen LogP) is 0.793. The fourth-order valence-corrected chi connectivity index (χ4v) is 2.22. The highest BCUT2D eigenvalue weighted by Crippen LogP contribution is 2.19. The fraction of sp³-hybridized carbons (Fsp3) is 0.909. The van der Waals surface area contributed by atoms with Gasteiger partial charge in [-0.3, -0.25) is 0 Å². The lowest BCUT2D eigenvalue weighted by Gasteiger charge is -2.39. The molecule has 0 atom stereocenters. The van der Waals surface area contributed by atoms with E-state index in [1.165, 1.54) is 0 Å². The normalized spacial score (nSPS) is 17.4. The van der Waals surface area contributed by atoms with Crippen molar-refractivity contribution < 1.29 is 17.9 Å². The zero-order valence-electron chi connectivity index (χ0n) is 11.4. The summed E-state index contributed by atoms with van der Waals surface area (Å²) in [6.07, 6.45) is -0.336. The molecule has 1 saturated heterocycles. The van der Waals surface area contributed by atoms with Gasteiger partial charge in [0.15, 0.2) is 0 Å². The fourth-order valence-electron chi connectivity index (χ4n) is 1.52. The van der Waals surface area contributed by atoms with Crippen molar-refractivity contribution in [3.63, 3.8) is 0 Å². The second kappa shape index (κ2) is 5.44. The first kappa shape index (κ1) is 15.2. The molecule has 6 nitrogen and oxygen atoms in total. The standard InChI is InChI=1S/C11H22N2O4S/c1-5-18(15,16)12-6-9-7-13(8-9)10(14)17-11(2,3)4/h9,12H,5-8H2,1-4H3. The highest BCUT2D eigenvalue weighted by atomic mass is 32.2. The predicted molar refractivity (Wildman–Crippen MR) is 68.8 cm³/mol. The van der Waals surface area contributed by atoms with Crippen LogP contribution in [0.4, 0.5) is 4.79 Å². The van der Waals surface area contributed by atoms with Crippen LogP contribution < -0.4 is 4.72 Å². The number of carbonyl (C=O) groups excluding carboxylic acids is 1. The molecule has 106 valence electrons. The monoisotopic (exact) mass is 278 g/mol. The van der Waals surface area contributed by atoms with Gasteiger partial charge in [0.1, 0.15) is 5.60 Å². The Morgan fingerprint density at radius 2 is 1.94 bits per heavy atom. The zero-order chi connectivity index (χ0) is 14.0. The molecule has 1 rings (SSSR count). The Bertz CT molecular complexity index is 394. The number of nitrogens with zero attached hydrogens (tertiary/aromatic N) is 1. The molecular weight excluding hydrogens is 256 g/mol. The number of rotatable bonds is 4. The van der Waals surface area contributed by atoms with Crippen molar-refractivity contribution in [1.82, 2.24) is 9.62 Å². The van der Waals surface area contributed by atoms with E-state index in [4.69, 9.17) is 4.74 Å². The van der Waals surface area contributed by atoms with Gasteiger partial charge in [-0.15, -0.1) is 0 Å². The minimum atomic E-state index is -3.14. The Kier molecular flexibility index (Phi) is 4.61. The third-order valence-corrected chi connectivity index (χ3v) is 3.95. The summed E-state index contributed by atoms with van der Waals surface area (Å²) in [6, 6.07) is 0. The van der Waals surface area contributed by atoms with Crippen molar-refractivity contribution in [2.45, 2.75) is 33.3 Å². The molecule has 0 aromatic heterocycles. The smallest absolute Gasteiger partial charge is 0.410 e. The molecule has 0 aliphatic carbocycles. The second-order valence-electron chi connectivity index (χ2n) is 5.50. The topological polar surface area (TPSA) is 75.7 Å². The maximum absolute atomic E-state index is 11.6. The van der Waals surface area contributed by atoms with Gasteiger partial charge in [-0.1, -0.05) is 0 Å². The number of sulfonamides is 1. The van der Waals surface area contributed by atoms with Crippen LogP contribution in [0.15, 0.2) is 0 Å². The summed E-state index contributed by atoms with van der Waals surface area (Å²) in [7, 11) is -3.14. The van der Waals surface area contributed by atoms with Crippen LogP contribution in [-0.2, 0) is 14.8 Å². The number of ether oxygens (including phenoxy) is 1. The molecular formula is C11H22N2O4S. The quantitative estimate of drug-likeness (QED) is 0.825. The van der Waals surface area contributed by atoms with Crippen molar-refractivity contribution in [3.8, 4) is 0 Å². The van der Waals surface area contributed by atoms with Crippen LogP contribution >= 0.6 is 0 Å². The van der Waals surface area contributed by atoms with E-state index in [0.717, 1.165) is 0 Å². The van der Waals surface area contributed by atoms with Gasteiger partial charge in [-0.05, 0) is 27.7 Å². The number of carbonyl (C=O) groups is 1. The molecule has 0 radical (unpaired) electrons. The van der Waals surface area contributed by atoms with Crippen LogP contribution in [0.5, 0.6) is 0 Å². The molecule has 1 heterocycles. The highest BCUT2D eigenvalue weighted by molar-refractivity contribution is 7.89. The lowest BCUT2D eigenvalue weighted by Crippen LogP contribution is -2.54. The maximum atomic E-state index is 11.6. The van der Waals surface area contributed by atoms with Crippen LogP contribution in [0.25, 0.3) is 0 Å². The molecule has 1 amide bonds. The molecule has 0 aromatic carbocycles. The number of hydrogen-bond acceptors (Lipinski definition) is 4. The molecule has 0 bridgehead atoms. The Balaban J connectivity index is 2.26. The van der Waals surface area contributed by atoms with Crippen molar-refractivity contribution in [1.29, 1.82) is 0 Å². The Labute approximate surface area is 109 Å². The van der Waals surface area contributed by atoms with Gasteiger partial charge < -0.3 is 9.64 Å². The SMILES string of the molecule is CCS(=O)(=O)NCC1CN(C(=O)OC(C)(C)C)C1. The summed E-state index contributed by atoms with van der Waals surface area (Å²) < 4.78 is 30.2. The third-order valence-electron chi connectivity index (χ3n) is 2.58. The molecule has 7 heteroatoms. The molecule has 0 spiro atoms. The van der Waals surface area contributed by atoms with E-state index in [-0.39, 0.29) is 17.8 Å². The van der Waals surface area contributed by atoms with E-state index in [0.29, 0.717) is 19.6 Å². The van der Waals surface area contributed by atoms with E-state index in [1.54, 1.807) is 11.8 Å². The molecule has 1 N–H and O–H groups in total. The summed E-state index contributed by atoms with van der Waals surface area (Å²) in [5.41, 5.74) is -0.494. The first-order chi connectivity index (χ1) is 8.13. The Morgan fingerprint density at radius 3 is 2.39 bits per heavy atom. The lowest BCUT2D eigenvalue weighted by molar-refractivity contribution is -0.0000746. The van der Waals surface area contributed by atoms with Gasteiger partial charge in [0.25, 0.3) is 0 Å². The molecule has 0 saturated carbocycles. The van der Waals surface area contributed by atoms with Crippen LogP contribution in [0.1, 0.15) is 27.7 Å². The summed E-state index contributed by atoms with van der Waals surface area (Å²) >= 11 is 0. The van der Waals surface area contributed by atoms with Crippen molar-refractivity contribution in [2.75, 3.05) is 25.4 Å². The summed E-state index contributed by atoms with van der Waals surface area (Å²) in [5.74, 6) is 0.258. The van der Waals surface area contributed by atoms with Crippen molar-refractivity contribution >= 4 is 16.1 Å². The highest BCUT2D eigenvalue weighted by Gasteiger charge is 2.33. The van der Waals surface area contributed by atoms with Gasteiger partial charge in [0.05, 0.1) is 5.75 Å². The van der Waals surface area contributed by atoms with Gasteiger partial charge in [0.2, 0.25) is 10.0 Å². The van der Waals surface area contributed by atoms with E-state index in [1.807, 2.05) is 20.8 Å². The van der Waals surface area contributed by atoms with Crippen molar-refractivity contribution in [2.24, 2.45) is 5.92 Å². The number of likely N-dealkylation sites (tertiary alicyclic amines) is 1. The van der Waals surface area contributed by atoms with Crippen LogP contribution in [0, 0.1) is 5.92 Å². The molecule has 1 aliphatic heterocycles. The minimum Gasteiger partial charge on any atom is -0.444 e. The van der Waals surface area contributed by atoms with Crippen molar-refractivity contribution in [3.05, 3.63) is 0 Å². The average Bonchev–Trinajstić information content (AvgIpc) is 2.12. The summed E-state index contributed by atoms with van der Waals surface area (Å²) in [6.45, 7) is 8.51. The second-order valence-corrected chi connectivity index (χ2v) is 7.60. The largest absolute Gasteiger partial charge is 0.444 e. The third kappa shape index (κ3) is 4.81. The molecule has 1 aliphatic rings. The van der Waals surface area contributed by atoms with E-state index < -0.39 is 15.6 Å². The van der Waals surface area contributed by atoms with Gasteiger partial charge in [-0.25, -0.2) is 17.9 Å². The lowest BCUT2D eigenvalue weighted by atomic mass is 10.0. The zero-order valence-corrected chi connectivity index (χ0v) is 12.2. The van der Waals surface area contributed by atoms with E-state index in [9.17, 15) is 13.2 Å².